The number of carboxylic acid groups (broad SMARTS) is 1. The summed E-state index contributed by atoms with van der Waals surface area (Å²) in [5, 5.41) is 9.00. The molecule has 102 valence electrons. The van der Waals surface area contributed by atoms with Crippen LogP contribution in [0.25, 0.3) is 0 Å². The van der Waals surface area contributed by atoms with Crippen molar-refractivity contribution in [2.75, 3.05) is 13.1 Å². The summed E-state index contributed by atoms with van der Waals surface area (Å²) in [4.78, 5) is 36.2. The molecule has 0 saturated carbocycles. The maximum absolute atomic E-state index is 12.2. The molecular formula is C13H16N2O4. The summed E-state index contributed by atoms with van der Waals surface area (Å²) in [6.45, 7) is 0.751. The van der Waals surface area contributed by atoms with Crippen molar-refractivity contribution in [3.63, 3.8) is 0 Å². The van der Waals surface area contributed by atoms with E-state index in [2.05, 4.69) is 0 Å². The first-order valence-electron chi connectivity index (χ1n) is 6.18. The fraction of sp³-hybridized carbons (Fsp3) is 0.462. The summed E-state index contributed by atoms with van der Waals surface area (Å²) in [6, 6.07) is 2.86. The molecule has 1 aromatic heterocycles. The number of carboxylic acids is 1. The van der Waals surface area contributed by atoms with Crippen molar-refractivity contribution in [2.24, 2.45) is 13.0 Å². The van der Waals surface area contributed by atoms with Crippen LogP contribution in [0.5, 0.6) is 0 Å². The van der Waals surface area contributed by atoms with E-state index in [9.17, 15) is 14.4 Å². The highest BCUT2D eigenvalue weighted by Gasteiger charge is 2.28. The molecule has 0 aliphatic carbocycles. The Morgan fingerprint density at radius 1 is 1.42 bits per heavy atom. The molecule has 2 heterocycles. The Balaban J connectivity index is 2.17. The average molecular weight is 264 g/mol. The first kappa shape index (κ1) is 13.3. The maximum Gasteiger partial charge on any atom is 0.308 e. The third kappa shape index (κ3) is 2.83. The second-order valence-electron chi connectivity index (χ2n) is 4.79. The largest absolute Gasteiger partial charge is 0.481 e. The molecule has 2 rings (SSSR count). The Morgan fingerprint density at radius 3 is 2.79 bits per heavy atom. The van der Waals surface area contributed by atoms with Gasteiger partial charge in [0.1, 0.15) is 0 Å². The summed E-state index contributed by atoms with van der Waals surface area (Å²) in [5.41, 5.74) is 0.0618. The summed E-state index contributed by atoms with van der Waals surface area (Å²) in [5.74, 6) is -1.66. The van der Waals surface area contributed by atoms with Gasteiger partial charge in [-0.2, -0.15) is 0 Å². The van der Waals surface area contributed by atoms with E-state index in [0.29, 0.717) is 24.9 Å². The van der Waals surface area contributed by atoms with Crippen LogP contribution in [0, 0.1) is 5.92 Å². The van der Waals surface area contributed by atoms with Crippen molar-refractivity contribution < 1.29 is 14.7 Å². The number of carbonyl (C=O) groups is 2. The Hall–Kier alpha value is -2.11. The predicted octanol–water partition coefficient (Wildman–Crippen LogP) is 0.322. The average Bonchev–Trinajstić information content (AvgIpc) is 2.41. The summed E-state index contributed by atoms with van der Waals surface area (Å²) >= 11 is 0. The van der Waals surface area contributed by atoms with Crippen LogP contribution in [-0.4, -0.2) is 39.5 Å². The van der Waals surface area contributed by atoms with E-state index in [1.807, 2.05) is 0 Å². The fourth-order valence-electron chi connectivity index (χ4n) is 2.23. The fourth-order valence-corrected chi connectivity index (χ4v) is 2.23. The monoisotopic (exact) mass is 264 g/mol. The molecule has 0 radical (unpaired) electrons. The van der Waals surface area contributed by atoms with Crippen molar-refractivity contribution in [2.45, 2.75) is 12.8 Å². The lowest BCUT2D eigenvalue weighted by molar-refractivity contribution is -0.143. The van der Waals surface area contributed by atoms with Gasteiger partial charge in [0.25, 0.3) is 11.5 Å². The smallest absolute Gasteiger partial charge is 0.308 e. The molecule has 1 N–H and O–H groups in total. The highest BCUT2D eigenvalue weighted by molar-refractivity contribution is 5.94. The molecule has 6 nitrogen and oxygen atoms in total. The van der Waals surface area contributed by atoms with Gasteiger partial charge in [-0.05, 0) is 18.9 Å². The van der Waals surface area contributed by atoms with Gasteiger partial charge in [-0.1, -0.05) is 0 Å². The molecular weight excluding hydrogens is 248 g/mol. The molecule has 0 bridgehead atoms. The molecule has 1 atom stereocenters. The number of aromatic nitrogens is 1. The highest BCUT2D eigenvalue weighted by atomic mass is 16.4. The molecule has 6 heteroatoms. The Morgan fingerprint density at radius 2 is 2.16 bits per heavy atom. The van der Waals surface area contributed by atoms with Gasteiger partial charge >= 0.3 is 5.97 Å². The first-order chi connectivity index (χ1) is 8.99. The Kier molecular flexibility index (Phi) is 3.69. The first-order valence-corrected chi connectivity index (χ1v) is 6.18. The van der Waals surface area contributed by atoms with Gasteiger partial charge in [0.15, 0.2) is 0 Å². The van der Waals surface area contributed by atoms with Gasteiger partial charge in [0.05, 0.1) is 5.92 Å². The van der Waals surface area contributed by atoms with Gasteiger partial charge < -0.3 is 14.6 Å². The standard InChI is InChI=1S/C13H16N2O4/c1-14-6-4-9(7-11(14)16)12(17)15-5-2-3-10(8-15)13(18)19/h4,6-7,10H,2-3,5,8H2,1H3,(H,18,19)/t10-/m1/s1. The zero-order chi connectivity index (χ0) is 14.0. The molecule has 0 aromatic carbocycles. The van der Waals surface area contributed by atoms with Crippen LogP contribution in [0.1, 0.15) is 23.2 Å². The summed E-state index contributed by atoms with van der Waals surface area (Å²) in [6.07, 6.45) is 2.80. The number of amides is 1. The molecule has 19 heavy (non-hydrogen) atoms. The maximum atomic E-state index is 12.2. The van der Waals surface area contributed by atoms with Crippen molar-refractivity contribution in [3.8, 4) is 0 Å². The third-order valence-electron chi connectivity index (χ3n) is 3.41. The number of hydrogen-bond donors (Lipinski definition) is 1. The van der Waals surface area contributed by atoms with Crippen molar-refractivity contribution >= 4 is 11.9 Å². The van der Waals surface area contributed by atoms with E-state index in [4.69, 9.17) is 5.11 Å². The van der Waals surface area contributed by atoms with E-state index in [0.717, 1.165) is 0 Å². The van der Waals surface area contributed by atoms with Crippen LogP contribution >= 0.6 is 0 Å². The van der Waals surface area contributed by atoms with Crippen molar-refractivity contribution in [3.05, 3.63) is 34.2 Å². The topological polar surface area (TPSA) is 79.6 Å². The zero-order valence-electron chi connectivity index (χ0n) is 10.7. The van der Waals surface area contributed by atoms with Crippen LogP contribution in [0.2, 0.25) is 0 Å². The SMILES string of the molecule is Cn1ccc(C(=O)N2CCC[C@@H](C(=O)O)C2)cc1=O. The Labute approximate surface area is 110 Å². The molecule has 1 aliphatic heterocycles. The molecule has 1 aliphatic rings. The van der Waals surface area contributed by atoms with Crippen LogP contribution in [0.3, 0.4) is 0 Å². The second kappa shape index (κ2) is 5.26. The number of aryl methyl sites for hydroxylation is 1. The number of rotatable bonds is 2. The molecule has 1 aromatic rings. The minimum atomic E-state index is -0.874. The number of aliphatic carboxylic acids is 1. The van der Waals surface area contributed by atoms with E-state index < -0.39 is 11.9 Å². The Bertz CT molecular complexity index is 564. The van der Waals surface area contributed by atoms with Gasteiger partial charge in [-0.15, -0.1) is 0 Å². The van der Waals surface area contributed by atoms with Gasteiger partial charge in [-0.3, -0.25) is 14.4 Å². The van der Waals surface area contributed by atoms with E-state index in [1.165, 1.54) is 21.7 Å². The number of piperidine rings is 1. The normalized spacial score (nSPS) is 19.2. The molecule has 0 spiro atoms. The van der Waals surface area contributed by atoms with E-state index in [1.54, 1.807) is 13.1 Å². The van der Waals surface area contributed by atoms with E-state index in [-0.39, 0.29) is 18.0 Å². The van der Waals surface area contributed by atoms with Crippen molar-refractivity contribution in [1.82, 2.24) is 9.47 Å². The third-order valence-corrected chi connectivity index (χ3v) is 3.41. The van der Waals surface area contributed by atoms with Gasteiger partial charge in [-0.25, -0.2) is 0 Å². The molecule has 1 saturated heterocycles. The number of nitrogens with zero attached hydrogens (tertiary/aromatic N) is 2. The number of pyridine rings is 1. The minimum Gasteiger partial charge on any atom is -0.481 e. The van der Waals surface area contributed by atoms with Crippen LogP contribution < -0.4 is 5.56 Å². The lowest BCUT2D eigenvalue weighted by Gasteiger charge is -2.30. The lowest BCUT2D eigenvalue weighted by atomic mass is 9.98. The van der Waals surface area contributed by atoms with Gasteiger partial charge in [0.2, 0.25) is 0 Å². The van der Waals surface area contributed by atoms with Crippen LogP contribution in [0.4, 0.5) is 0 Å². The number of hydrogen-bond acceptors (Lipinski definition) is 3. The van der Waals surface area contributed by atoms with Gasteiger partial charge in [0, 0.05) is 38.0 Å². The van der Waals surface area contributed by atoms with Crippen LogP contribution in [0.15, 0.2) is 23.1 Å². The second-order valence-corrected chi connectivity index (χ2v) is 4.79. The summed E-state index contributed by atoms with van der Waals surface area (Å²) in [7, 11) is 1.61. The van der Waals surface area contributed by atoms with E-state index >= 15 is 0 Å². The lowest BCUT2D eigenvalue weighted by Crippen LogP contribution is -2.42. The van der Waals surface area contributed by atoms with Crippen molar-refractivity contribution in [1.29, 1.82) is 0 Å². The zero-order valence-corrected chi connectivity index (χ0v) is 10.7. The summed E-state index contributed by atoms with van der Waals surface area (Å²) < 4.78 is 1.38. The number of carbonyl (C=O) groups excluding carboxylic acids is 1. The van der Waals surface area contributed by atoms with Crippen LogP contribution in [-0.2, 0) is 11.8 Å². The predicted molar refractivity (Wildman–Crippen MR) is 67.9 cm³/mol. The number of likely N-dealkylation sites (tertiary alicyclic amines) is 1. The highest BCUT2D eigenvalue weighted by Crippen LogP contribution is 2.18. The molecule has 0 unspecified atom stereocenters. The quantitative estimate of drug-likeness (QED) is 0.834. The molecule has 1 amide bonds. The molecule has 1 fully saturated rings. The minimum absolute atomic E-state index is 0.212.